The van der Waals surface area contributed by atoms with Crippen LogP contribution in [0.1, 0.15) is 30.7 Å². The number of hydrogen-bond donors (Lipinski definition) is 1. The molecular weight excluding hydrogens is 226 g/mol. The van der Waals surface area contributed by atoms with Crippen molar-refractivity contribution in [2.45, 2.75) is 31.2 Å². The minimum Gasteiger partial charge on any atom is -0.486 e. The highest BCUT2D eigenvalue weighted by Gasteiger charge is 2.39. The van der Waals surface area contributed by atoms with E-state index in [0.29, 0.717) is 13.2 Å². The van der Waals surface area contributed by atoms with Crippen molar-refractivity contribution in [2.75, 3.05) is 19.8 Å². The van der Waals surface area contributed by atoms with E-state index in [2.05, 4.69) is 23.5 Å². The van der Waals surface area contributed by atoms with Gasteiger partial charge in [-0.3, -0.25) is 0 Å². The molecule has 3 aliphatic rings. The maximum Gasteiger partial charge on any atom is 0.161 e. The lowest BCUT2D eigenvalue weighted by Crippen LogP contribution is -2.19. The minimum atomic E-state index is 0.670. The van der Waals surface area contributed by atoms with E-state index in [9.17, 15) is 0 Å². The largest absolute Gasteiger partial charge is 0.486 e. The number of ether oxygens (including phenoxy) is 2. The molecule has 2 saturated carbocycles. The fourth-order valence-electron chi connectivity index (χ4n) is 2.78. The maximum atomic E-state index is 5.64. The molecule has 3 heteroatoms. The third-order valence-electron chi connectivity index (χ3n) is 4.16. The molecule has 0 aromatic heterocycles. The Morgan fingerprint density at radius 2 is 1.94 bits per heavy atom. The molecule has 3 nitrogen and oxygen atoms in total. The van der Waals surface area contributed by atoms with E-state index in [4.69, 9.17) is 9.47 Å². The van der Waals surface area contributed by atoms with E-state index in [-0.39, 0.29) is 0 Å². The van der Waals surface area contributed by atoms with Gasteiger partial charge in [-0.2, -0.15) is 0 Å². The molecule has 0 bridgehead atoms. The predicted molar refractivity (Wildman–Crippen MR) is 69.3 cm³/mol. The Labute approximate surface area is 107 Å². The average Bonchev–Trinajstić information content (AvgIpc) is 3.29. The van der Waals surface area contributed by atoms with E-state index in [1.54, 1.807) is 0 Å². The summed E-state index contributed by atoms with van der Waals surface area (Å²) in [5, 5.41) is 3.62. The molecule has 1 heterocycles. The quantitative estimate of drug-likeness (QED) is 0.883. The maximum absolute atomic E-state index is 5.64. The molecule has 1 N–H and O–H groups in total. The highest BCUT2D eigenvalue weighted by atomic mass is 16.6. The number of nitrogens with one attached hydrogen (secondary N) is 1. The molecule has 0 saturated heterocycles. The van der Waals surface area contributed by atoms with Crippen LogP contribution in [0.15, 0.2) is 18.2 Å². The summed E-state index contributed by atoms with van der Waals surface area (Å²) < 4.78 is 11.2. The Balaban J connectivity index is 1.42. The Morgan fingerprint density at radius 1 is 1.11 bits per heavy atom. The van der Waals surface area contributed by atoms with Gasteiger partial charge in [0.25, 0.3) is 0 Å². The Morgan fingerprint density at radius 3 is 2.78 bits per heavy atom. The van der Waals surface area contributed by atoms with E-state index >= 15 is 0 Å². The van der Waals surface area contributed by atoms with E-state index in [1.165, 1.54) is 31.4 Å². The van der Waals surface area contributed by atoms with Crippen molar-refractivity contribution in [3.63, 3.8) is 0 Å². The summed E-state index contributed by atoms with van der Waals surface area (Å²) in [6.45, 7) is 2.53. The highest BCUT2D eigenvalue weighted by Crippen LogP contribution is 2.49. The van der Waals surface area contributed by atoms with Crippen molar-refractivity contribution in [3.8, 4) is 11.5 Å². The molecule has 2 atom stereocenters. The number of rotatable bonds is 4. The Hall–Kier alpha value is -1.22. The first-order valence-electron chi connectivity index (χ1n) is 7.03. The summed E-state index contributed by atoms with van der Waals surface area (Å²) in [5.41, 5.74) is 1.42. The zero-order chi connectivity index (χ0) is 11.9. The van der Waals surface area contributed by atoms with Crippen molar-refractivity contribution in [1.82, 2.24) is 5.32 Å². The van der Waals surface area contributed by atoms with Crippen LogP contribution in [0.2, 0.25) is 0 Å². The van der Waals surface area contributed by atoms with Gasteiger partial charge in [-0.1, -0.05) is 6.07 Å². The monoisotopic (exact) mass is 245 g/mol. The van der Waals surface area contributed by atoms with Crippen LogP contribution in [0.3, 0.4) is 0 Å². The summed E-state index contributed by atoms with van der Waals surface area (Å²) in [6, 6.07) is 7.27. The first-order valence-corrected chi connectivity index (χ1v) is 7.03. The van der Waals surface area contributed by atoms with Gasteiger partial charge >= 0.3 is 0 Å². The number of hydrogen-bond acceptors (Lipinski definition) is 3. The molecule has 1 aliphatic heterocycles. The average molecular weight is 245 g/mol. The first kappa shape index (κ1) is 10.7. The van der Waals surface area contributed by atoms with E-state index in [0.717, 1.165) is 29.4 Å². The standard InChI is InChI=1S/C15H19NO2/c1-4-14-15(18-6-5-17-14)8-10(1)13-7-11(13)9-16-12-2-3-12/h1,4,8,11-13,16H,2-3,5-7,9H2. The van der Waals surface area contributed by atoms with Crippen LogP contribution in [-0.4, -0.2) is 25.8 Å². The van der Waals surface area contributed by atoms with E-state index in [1.807, 2.05) is 0 Å². The van der Waals surface area contributed by atoms with Gasteiger partial charge in [0.1, 0.15) is 13.2 Å². The van der Waals surface area contributed by atoms with Crippen LogP contribution >= 0.6 is 0 Å². The number of fused-ring (bicyclic) bond motifs is 1. The van der Waals surface area contributed by atoms with Crippen LogP contribution in [0.25, 0.3) is 0 Å². The predicted octanol–water partition coefficient (Wildman–Crippen LogP) is 2.31. The molecule has 0 amide bonds. The molecule has 96 valence electrons. The molecule has 2 fully saturated rings. The third-order valence-corrected chi connectivity index (χ3v) is 4.16. The van der Waals surface area contributed by atoms with Gasteiger partial charge in [-0.15, -0.1) is 0 Å². The number of benzene rings is 1. The highest BCUT2D eigenvalue weighted by molar-refractivity contribution is 5.46. The molecular formula is C15H19NO2. The first-order chi connectivity index (χ1) is 8.90. The summed E-state index contributed by atoms with van der Waals surface area (Å²) in [7, 11) is 0. The lowest BCUT2D eigenvalue weighted by atomic mass is 10.1. The molecule has 2 aliphatic carbocycles. The van der Waals surface area contributed by atoms with Gasteiger partial charge in [0, 0.05) is 6.04 Å². The van der Waals surface area contributed by atoms with Crippen molar-refractivity contribution in [3.05, 3.63) is 23.8 Å². The summed E-state index contributed by atoms with van der Waals surface area (Å²) in [5.74, 6) is 3.39. The second kappa shape index (κ2) is 4.16. The van der Waals surface area contributed by atoms with Gasteiger partial charge < -0.3 is 14.8 Å². The van der Waals surface area contributed by atoms with Gasteiger partial charge in [-0.05, 0) is 55.3 Å². The Kier molecular flexibility index (Phi) is 2.47. The minimum absolute atomic E-state index is 0.670. The van der Waals surface area contributed by atoms with E-state index < -0.39 is 0 Å². The van der Waals surface area contributed by atoms with Gasteiger partial charge in [0.15, 0.2) is 11.5 Å². The Bertz CT molecular complexity index is 456. The second-order valence-electron chi connectivity index (χ2n) is 5.69. The van der Waals surface area contributed by atoms with Crippen LogP contribution in [0.5, 0.6) is 11.5 Å². The van der Waals surface area contributed by atoms with Crippen LogP contribution < -0.4 is 14.8 Å². The van der Waals surface area contributed by atoms with Crippen LogP contribution in [-0.2, 0) is 0 Å². The summed E-state index contributed by atoms with van der Waals surface area (Å²) in [4.78, 5) is 0. The molecule has 1 aromatic rings. The molecule has 2 unspecified atom stereocenters. The van der Waals surface area contributed by atoms with Crippen molar-refractivity contribution < 1.29 is 9.47 Å². The normalized spacial score (nSPS) is 29.1. The van der Waals surface area contributed by atoms with Crippen LogP contribution in [0, 0.1) is 5.92 Å². The van der Waals surface area contributed by atoms with Crippen molar-refractivity contribution in [2.24, 2.45) is 5.92 Å². The van der Waals surface area contributed by atoms with Gasteiger partial charge in [0.05, 0.1) is 0 Å². The van der Waals surface area contributed by atoms with Gasteiger partial charge in [0.2, 0.25) is 0 Å². The molecule has 18 heavy (non-hydrogen) atoms. The SMILES string of the molecule is c1cc2c(cc1C1CC1CNC1CC1)OCCO2. The topological polar surface area (TPSA) is 30.5 Å². The zero-order valence-corrected chi connectivity index (χ0v) is 10.5. The second-order valence-corrected chi connectivity index (χ2v) is 5.69. The molecule has 4 rings (SSSR count). The fourth-order valence-corrected chi connectivity index (χ4v) is 2.78. The van der Waals surface area contributed by atoms with Crippen LogP contribution in [0.4, 0.5) is 0 Å². The third kappa shape index (κ3) is 2.07. The molecule has 0 radical (unpaired) electrons. The molecule has 0 spiro atoms. The fraction of sp³-hybridized carbons (Fsp3) is 0.600. The smallest absolute Gasteiger partial charge is 0.161 e. The summed E-state index contributed by atoms with van der Waals surface area (Å²) >= 11 is 0. The van der Waals surface area contributed by atoms with Gasteiger partial charge in [-0.25, -0.2) is 0 Å². The zero-order valence-electron chi connectivity index (χ0n) is 10.5. The van der Waals surface area contributed by atoms with Crippen molar-refractivity contribution >= 4 is 0 Å². The lowest BCUT2D eigenvalue weighted by molar-refractivity contribution is 0.171. The molecule has 1 aromatic carbocycles. The summed E-state index contributed by atoms with van der Waals surface area (Å²) in [6.07, 6.45) is 4.07. The van der Waals surface area contributed by atoms with Crippen molar-refractivity contribution in [1.29, 1.82) is 0 Å². The lowest BCUT2D eigenvalue weighted by Gasteiger charge is -2.18.